The van der Waals surface area contributed by atoms with Crippen LogP contribution >= 0.6 is 0 Å². The highest BCUT2D eigenvalue weighted by Gasteiger charge is 2.27. The Hall–Kier alpha value is -1.31. The van der Waals surface area contributed by atoms with E-state index in [1.54, 1.807) is 0 Å². The van der Waals surface area contributed by atoms with Crippen molar-refractivity contribution in [3.63, 3.8) is 0 Å². The summed E-state index contributed by atoms with van der Waals surface area (Å²) in [6.07, 6.45) is 1.56. The molecule has 0 amide bonds. The number of nitrogens with two attached hydrogens (primary N) is 2. The Labute approximate surface area is 82.7 Å². The van der Waals surface area contributed by atoms with Crippen LogP contribution in [0.15, 0.2) is 9.39 Å². The molecular formula is C6H13N5O2S. The maximum absolute atomic E-state index is 11.4. The maximum atomic E-state index is 11.4. The van der Waals surface area contributed by atoms with Gasteiger partial charge in [-0.2, -0.15) is 13.4 Å². The molecule has 0 bridgehead atoms. The fourth-order valence-electron chi connectivity index (χ4n) is 1.01. The van der Waals surface area contributed by atoms with Gasteiger partial charge in [-0.1, -0.05) is 13.3 Å². The molecule has 0 saturated carbocycles. The van der Waals surface area contributed by atoms with Crippen LogP contribution in [0.4, 0.5) is 0 Å². The number of unbranched alkanes of at least 4 members (excludes halogenated alkanes) is 1. The monoisotopic (exact) mass is 219 g/mol. The molecular weight excluding hydrogens is 206 g/mol. The van der Waals surface area contributed by atoms with Crippen molar-refractivity contribution in [3.8, 4) is 0 Å². The van der Waals surface area contributed by atoms with Crippen molar-refractivity contribution < 1.29 is 8.42 Å². The smallest absolute Gasteiger partial charge is 0.350 e. The first kappa shape index (κ1) is 10.8. The van der Waals surface area contributed by atoms with Crippen LogP contribution < -0.4 is 11.5 Å². The van der Waals surface area contributed by atoms with Crippen LogP contribution in [0, 0.1) is 0 Å². The molecule has 4 N–H and O–H groups in total. The third kappa shape index (κ3) is 2.13. The minimum absolute atomic E-state index is 0.119. The maximum Gasteiger partial charge on any atom is 0.350 e. The van der Waals surface area contributed by atoms with Crippen molar-refractivity contribution in [1.82, 2.24) is 4.31 Å². The Kier molecular flexibility index (Phi) is 2.94. The summed E-state index contributed by atoms with van der Waals surface area (Å²) in [6.45, 7) is 2.23. The van der Waals surface area contributed by atoms with Crippen molar-refractivity contribution >= 4 is 22.1 Å². The largest absolute Gasteiger partial charge is 0.369 e. The molecule has 80 valence electrons. The second-order valence-corrected chi connectivity index (χ2v) is 4.34. The van der Waals surface area contributed by atoms with E-state index in [0.29, 0.717) is 6.42 Å². The number of nitrogens with zero attached hydrogens (tertiary/aromatic N) is 3. The minimum atomic E-state index is -3.75. The summed E-state index contributed by atoms with van der Waals surface area (Å²) in [5.41, 5.74) is 10.6. The van der Waals surface area contributed by atoms with Crippen LogP contribution in [0.1, 0.15) is 19.8 Å². The van der Waals surface area contributed by atoms with Crippen molar-refractivity contribution in [2.75, 3.05) is 6.54 Å². The summed E-state index contributed by atoms with van der Waals surface area (Å²) < 4.78 is 27.0. The van der Waals surface area contributed by atoms with Crippen molar-refractivity contribution in [1.29, 1.82) is 0 Å². The Morgan fingerprint density at radius 3 is 2.57 bits per heavy atom. The number of hydrogen-bond donors (Lipinski definition) is 2. The van der Waals surface area contributed by atoms with Gasteiger partial charge in [0.15, 0.2) is 0 Å². The molecule has 0 fully saturated rings. The van der Waals surface area contributed by atoms with Crippen LogP contribution in [-0.4, -0.2) is 31.2 Å². The Morgan fingerprint density at radius 2 is 2.07 bits per heavy atom. The van der Waals surface area contributed by atoms with E-state index in [1.807, 2.05) is 6.92 Å². The van der Waals surface area contributed by atoms with Crippen LogP contribution in [0.5, 0.6) is 0 Å². The summed E-state index contributed by atoms with van der Waals surface area (Å²) in [6, 6.07) is 0. The zero-order valence-electron chi connectivity index (χ0n) is 7.84. The van der Waals surface area contributed by atoms with Gasteiger partial charge in [-0.25, -0.2) is 4.31 Å². The van der Waals surface area contributed by atoms with Gasteiger partial charge in [-0.3, -0.25) is 0 Å². The average molecular weight is 219 g/mol. The fraction of sp³-hybridized carbons (Fsp3) is 0.667. The topological polar surface area (TPSA) is 114 Å². The highest BCUT2D eigenvalue weighted by atomic mass is 32.2. The summed E-state index contributed by atoms with van der Waals surface area (Å²) in [5.74, 6) is -0.443. The zero-order chi connectivity index (χ0) is 10.8. The quantitative estimate of drug-likeness (QED) is 0.632. The summed E-state index contributed by atoms with van der Waals surface area (Å²) >= 11 is 0. The number of guanidine groups is 2. The predicted octanol–water partition coefficient (Wildman–Crippen LogP) is -1.02. The van der Waals surface area contributed by atoms with E-state index in [0.717, 1.165) is 10.7 Å². The van der Waals surface area contributed by atoms with E-state index >= 15 is 0 Å². The molecule has 14 heavy (non-hydrogen) atoms. The molecule has 8 heteroatoms. The van der Waals surface area contributed by atoms with Gasteiger partial charge in [-0.15, -0.1) is 4.40 Å². The first-order valence-electron chi connectivity index (χ1n) is 4.19. The van der Waals surface area contributed by atoms with Crippen LogP contribution in [-0.2, 0) is 10.2 Å². The number of hydrogen-bond acceptors (Lipinski definition) is 5. The Morgan fingerprint density at radius 1 is 1.43 bits per heavy atom. The lowest BCUT2D eigenvalue weighted by Gasteiger charge is -2.22. The van der Waals surface area contributed by atoms with Crippen LogP contribution in [0.25, 0.3) is 0 Å². The molecule has 0 radical (unpaired) electrons. The molecule has 0 saturated heterocycles. The molecule has 0 aromatic carbocycles. The molecule has 0 aliphatic carbocycles. The van der Waals surface area contributed by atoms with Crippen LogP contribution in [0.2, 0.25) is 0 Å². The molecule has 0 atom stereocenters. The van der Waals surface area contributed by atoms with Gasteiger partial charge in [0.2, 0.25) is 11.9 Å². The molecule has 7 nitrogen and oxygen atoms in total. The van der Waals surface area contributed by atoms with Gasteiger partial charge in [0.25, 0.3) is 0 Å². The highest BCUT2D eigenvalue weighted by molar-refractivity contribution is 7.88. The normalized spacial score (nSPS) is 20.2. The molecule has 0 unspecified atom stereocenters. The van der Waals surface area contributed by atoms with Crippen molar-refractivity contribution in [2.45, 2.75) is 19.8 Å². The third-order valence-corrected chi connectivity index (χ3v) is 3.03. The molecule has 0 aromatic rings. The van der Waals surface area contributed by atoms with Gasteiger partial charge in [0.1, 0.15) is 0 Å². The summed E-state index contributed by atoms with van der Waals surface area (Å²) in [4.78, 5) is 3.58. The van der Waals surface area contributed by atoms with E-state index in [2.05, 4.69) is 9.39 Å². The van der Waals surface area contributed by atoms with E-state index in [9.17, 15) is 8.42 Å². The van der Waals surface area contributed by atoms with E-state index in [-0.39, 0.29) is 18.5 Å². The van der Waals surface area contributed by atoms with Gasteiger partial charge in [-0.05, 0) is 6.42 Å². The van der Waals surface area contributed by atoms with E-state index in [1.165, 1.54) is 0 Å². The number of aliphatic imine (C=N–C) groups is 1. The van der Waals surface area contributed by atoms with Crippen molar-refractivity contribution in [3.05, 3.63) is 0 Å². The second-order valence-electron chi connectivity index (χ2n) is 2.82. The standard InChI is InChI=1S/C6H13N5O2S/c1-2-3-4-11-6(8)9-5(7)10-14(11,12)13/h2-4H2,1H3,(H4,7,8,9,10). The second kappa shape index (κ2) is 3.82. The molecule has 1 heterocycles. The molecule has 1 rings (SSSR count). The molecule has 1 aliphatic rings. The lowest BCUT2D eigenvalue weighted by Crippen LogP contribution is -2.45. The molecule has 0 spiro atoms. The minimum Gasteiger partial charge on any atom is -0.369 e. The lowest BCUT2D eigenvalue weighted by molar-refractivity contribution is 0.507. The van der Waals surface area contributed by atoms with Crippen molar-refractivity contribution in [2.24, 2.45) is 20.9 Å². The fourth-order valence-corrected chi connectivity index (χ4v) is 2.02. The highest BCUT2D eigenvalue weighted by Crippen LogP contribution is 2.09. The first-order valence-corrected chi connectivity index (χ1v) is 5.59. The van der Waals surface area contributed by atoms with Gasteiger partial charge < -0.3 is 11.5 Å². The predicted molar refractivity (Wildman–Crippen MR) is 53.8 cm³/mol. The van der Waals surface area contributed by atoms with Crippen LogP contribution in [0.3, 0.4) is 0 Å². The summed E-state index contributed by atoms with van der Waals surface area (Å²) in [7, 11) is -3.75. The van der Waals surface area contributed by atoms with Gasteiger partial charge in [0, 0.05) is 6.54 Å². The molecule has 1 aliphatic heterocycles. The SMILES string of the molecule is CCCCN1C(N)=NC(N)=NS1(=O)=O. The summed E-state index contributed by atoms with van der Waals surface area (Å²) in [5, 5.41) is 0. The van der Waals surface area contributed by atoms with Gasteiger partial charge in [0.05, 0.1) is 0 Å². The van der Waals surface area contributed by atoms with E-state index in [4.69, 9.17) is 11.5 Å². The van der Waals surface area contributed by atoms with Gasteiger partial charge >= 0.3 is 10.2 Å². The Bertz CT molecular complexity index is 372. The first-order chi connectivity index (χ1) is 6.47. The average Bonchev–Trinajstić information content (AvgIpc) is 2.00. The Balaban J connectivity index is 2.91. The lowest BCUT2D eigenvalue weighted by atomic mass is 10.3. The zero-order valence-corrected chi connectivity index (χ0v) is 8.66. The van der Waals surface area contributed by atoms with E-state index < -0.39 is 10.2 Å². The third-order valence-electron chi connectivity index (χ3n) is 1.69. The molecule has 0 aromatic heterocycles. The number of rotatable bonds is 3.